The Morgan fingerprint density at radius 2 is 2.00 bits per heavy atom. The van der Waals surface area contributed by atoms with Crippen molar-refractivity contribution in [2.75, 3.05) is 6.61 Å². The summed E-state index contributed by atoms with van der Waals surface area (Å²) in [7, 11) is 0. The minimum absolute atomic E-state index is 0.00615. The topological polar surface area (TPSA) is 97.3 Å². The SMILES string of the molecule is CCC(=O)NN(C(=O)c1cnccn1)C(C)c1ccnc(OCC(F)(F)F)c1. The molecule has 0 radical (unpaired) electrons. The molecule has 0 bridgehead atoms. The average molecular weight is 397 g/mol. The summed E-state index contributed by atoms with van der Waals surface area (Å²) in [4.78, 5) is 36.1. The number of halogens is 3. The van der Waals surface area contributed by atoms with Gasteiger partial charge in [0.1, 0.15) is 5.69 Å². The van der Waals surface area contributed by atoms with Crippen molar-refractivity contribution >= 4 is 11.8 Å². The van der Waals surface area contributed by atoms with Gasteiger partial charge in [0, 0.05) is 31.1 Å². The number of hydrogen-bond donors (Lipinski definition) is 1. The third-order valence-corrected chi connectivity index (χ3v) is 3.58. The number of amides is 2. The van der Waals surface area contributed by atoms with Gasteiger partial charge in [-0.15, -0.1) is 0 Å². The van der Waals surface area contributed by atoms with Gasteiger partial charge < -0.3 is 4.74 Å². The number of carbonyl (C=O) groups excluding carboxylic acids is 2. The summed E-state index contributed by atoms with van der Waals surface area (Å²) < 4.78 is 41.7. The quantitative estimate of drug-likeness (QED) is 0.752. The first-order chi connectivity index (χ1) is 13.2. The number of nitrogens with zero attached hydrogens (tertiary/aromatic N) is 4. The van der Waals surface area contributed by atoms with Gasteiger partial charge >= 0.3 is 6.18 Å². The zero-order valence-corrected chi connectivity index (χ0v) is 15.1. The van der Waals surface area contributed by atoms with Crippen LogP contribution in [0.1, 0.15) is 42.4 Å². The van der Waals surface area contributed by atoms with E-state index in [0.717, 1.165) is 5.01 Å². The van der Waals surface area contributed by atoms with Gasteiger partial charge in [0.25, 0.3) is 5.91 Å². The molecule has 1 N–H and O–H groups in total. The second kappa shape index (κ2) is 9.11. The standard InChI is InChI=1S/C17H18F3N5O3/c1-3-14(26)24-25(16(27)13-9-21-6-7-22-13)11(2)12-4-5-23-15(8-12)28-10-17(18,19)20/h4-9,11H,3,10H2,1-2H3,(H,24,26). The fourth-order valence-corrected chi connectivity index (χ4v) is 2.14. The smallest absolute Gasteiger partial charge is 0.422 e. The third kappa shape index (κ3) is 5.89. The Labute approximate surface area is 158 Å². The van der Waals surface area contributed by atoms with Crippen LogP contribution in [-0.4, -0.2) is 44.6 Å². The normalized spacial score (nSPS) is 12.2. The summed E-state index contributed by atoms with van der Waals surface area (Å²) in [6, 6.07) is 2.02. The van der Waals surface area contributed by atoms with E-state index in [0.29, 0.717) is 5.56 Å². The van der Waals surface area contributed by atoms with Crippen molar-refractivity contribution in [1.82, 2.24) is 25.4 Å². The predicted molar refractivity (Wildman–Crippen MR) is 90.8 cm³/mol. The zero-order chi connectivity index (χ0) is 20.7. The molecule has 2 rings (SSSR count). The highest BCUT2D eigenvalue weighted by atomic mass is 19.4. The van der Waals surface area contributed by atoms with Crippen molar-refractivity contribution in [3.8, 4) is 5.88 Å². The van der Waals surface area contributed by atoms with E-state index >= 15 is 0 Å². The Hall–Kier alpha value is -3.24. The van der Waals surface area contributed by atoms with Crippen molar-refractivity contribution in [3.05, 3.63) is 48.2 Å². The van der Waals surface area contributed by atoms with Gasteiger partial charge in [-0.05, 0) is 18.6 Å². The number of nitrogens with one attached hydrogen (secondary N) is 1. The Bertz CT molecular complexity index is 817. The zero-order valence-electron chi connectivity index (χ0n) is 15.1. The van der Waals surface area contributed by atoms with E-state index in [-0.39, 0.29) is 18.0 Å². The second-order valence-electron chi connectivity index (χ2n) is 5.66. The van der Waals surface area contributed by atoms with Crippen molar-refractivity contribution in [2.45, 2.75) is 32.5 Å². The summed E-state index contributed by atoms with van der Waals surface area (Å²) in [5.41, 5.74) is 2.87. The first kappa shape index (κ1) is 21.1. The fraction of sp³-hybridized carbons (Fsp3) is 0.353. The number of ether oxygens (including phenoxy) is 1. The van der Waals surface area contributed by atoms with E-state index in [1.54, 1.807) is 13.8 Å². The number of pyridine rings is 1. The monoisotopic (exact) mass is 397 g/mol. The predicted octanol–water partition coefficient (Wildman–Crippen LogP) is 2.46. The minimum atomic E-state index is -4.51. The molecule has 8 nitrogen and oxygen atoms in total. The van der Waals surface area contributed by atoms with Crippen LogP contribution < -0.4 is 10.2 Å². The molecule has 2 aromatic rings. The number of aromatic nitrogens is 3. The maximum Gasteiger partial charge on any atom is 0.422 e. The van der Waals surface area contributed by atoms with Crippen molar-refractivity contribution in [2.24, 2.45) is 0 Å². The van der Waals surface area contributed by atoms with E-state index < -0.39 is 30.6 Å². The molecule has 2 heterocycles. The Kier molecular flexibility index (Phi) is 6.85. The van der Waals surface area contributed by atoms with E-state index in [1.807, 2.05) is 0 Å². The van der Waals surface area contributed by atoms with Gasteiger partial charge in [-0.25, -0.2) is 15.0 Å². The van der Waals surface area contributed by atoms with Crippen LogP contribution in [0, 0.1) is 0 Å². The molecule has 28 heavy (non-hydrogen) atoms. The number of carbonyl (C=O) groups is 2. The van der Waals surface area contributed by atoms with Crippen LogP contribution in [0.25, 0.3) is 0 Å². The highest BCUT2D eigenvalue weighted by Gasteiger charge is 2.29. The Morgan fingerprint density at radius 1 is 1.25 bits per heavy atom. The number of hydrogen-bond acceptors (Lipinski definition) is 6. The maximum atomic E-state index is 12.8. The van der Waals surface area contributed by atoms with Crippen LogP contribution in [0.15, 0.2) is 36.9 Å². The lowest BCUT2D eigenvalue weighted by atomic mass is 10.1. The number of rotatable bonds is 6. The lowest BCUT2D eigenvalue weighted by Crippen LogP contribution is -2.47. The van der Waals surface area contributed by atoms with Crippen molar-refractivity contribution < 1.29 is 27.5 Å². The van der Waals surface area contributed by atoms with Gasteiger partial charge in [-0.1, -0.05) is 6.92 Å². The van der Waals surface area contributed by atoms with E-state index in [1.165, 1.54) is 36.9 Å². The molecule has 1 atom stereocenters. The molecule has 11 heteroatoms. The Balaban J connectivity index is 2.27. The van der Waals surface area contributed by atoms with Crippen LogP contribution >= 0.6 is 0 Å². The maximum absolute atomic E-state index is 12.8. The summed E-state index contributed by atoms with van der Waals surface area (Å²) in [6.45, 7) is 1.71. The summed E-state index contributed by atoms with van der Waals surface area (Å²) >= 11 is 0. The van der Waals surface area contributed by atoms with Crippen molar-refractivity contribution in [3.63, 3.8) is 0 Å². The molecule has 0 aliphatic carbocycles. The highest BCUT2D eigenvalue weighted by molar-refractivity contribution is 5.93. The van der Waals surface area contributed by atoms with Crippen LogP contribution in [0.5, 0.6) is 5.88 Å². The van der Waals surface area contributed by atoms with Crippen LogP contribution in [0.2, 0.25) is 0 Å². The summed E-state index contributed by atoms with van der Waals surface area (Å²) in [5, 5.41) is 1.04. The Morgan fingerprint density at radius 3 is 2.61 bits per heavy atom. The van der Waals surface area contributed by atoms with Gasteiger partial charge in [0.05, 0.1) is 12.2 Å². The average Bonchev–Trinajstić information content (AvgIpc) is 2.69. The third-order valence-electron chi connectivity index (χ3n) is 3.58. The molecule has 2 aromatic heterocycles. The largest absolute Gasteiger partial charge is 0.468 e. The lowest BCUT2D eigenvalue weighted by molar-refractivity contribution is -0.154. The van der Waals surface area contributed by atoms with Crippen LogP contribution in [0.3, 0.4) is 0 Å². The second-order valence-corrected chi connectivity index (χ2v) is 5.66. The lowest BCUT2D eigenvalue weighted by Gasteiger charge is -2.29. The molecular weight excluding hydrogens is 379 g/mol. The first-order valence-corrected chi connectivity index (χ1v) is 8.26. The highest BCUT2D eigenvalue weighted by Crippen LogP contribution is 2.24. The van der Waals surface area contributed by atoms with Crippen LogP contribution in [-0.2, 0) is 4.79 Å². The van der Waals surface area contributed by atoms with E-state index in [4.69, 9.17) is 0 Å². The van der Waals surface area contributed by atoms with Crippen molar-refractivity contribution in [1.29, 1.82) is 0 Å². The van der Waals surface area contributed by atoms with Gasteiger partial charge in [-0.2, -0.15) is 13.2 Å². The van der Waals surface area contributed by atoms with Crippen LogP contribution in [0.4, 0.5) is 13.2 Å². The molecule has 1 unspecified atom stereocenters. The summed E-state index contributed by atoms with van der Waals surface area (Å²) in [5.74, 6) is -1.31. The van der Waals surface area contributed by atoms with Gasteiger partial charge in [0.2, 0.25) is 11.8 Å². The molecule has 0 spiro atoms. The molecule has 0 aliphatic heterocycles. The first-order valence-electron chi connectivity index (χ1n) is 8.26. The van der Waals surface area contributed by atoms with Gasteiger partial charge in [0.15, 0.2) is 6.61 Å². The molecular formula is C17H18F3N5O3. The number of hydrazine groups is 1. The molecule has 2 amide bonds. The molecule has 0 saturated carbocycles. The van der Waals surface area contributed by atoms with Gasteiger partial charge in [-0.3, -0.25) is 20.0 Å². The molecule has 0 fully saturated rings. The molecule has 0 aromatic carbocycles. The summed E-state index contributed by atoms with van der Waals surface area (Å²) in [6.07, 6.45) is 0.823. The number of alkyl halides is 3. The van der Waals surface area contributed by atoms with E-state index in [9.17, 15) is 22.8 Å². The fourth-order valence-electron chi connectivity index (χ4n) is 2.14. The molecule has 0 aliphatic rings. The molecule has 0 saturated heterocycles. The van der Waals surface area contributed by atoms with E-state index in [2.05, 4.69) is 25.1 Å². The minimum Gasteiger partial charge on any atom is -0.468 e. The molecule has 150 valence electrons.